The van der Waals surface area contributed by atoms with Gasteiger partial charge in [-0.2, -0.15) is 0 Å². The Morgan fingerprint density at radius 2 is 1.35 bits per heavy atom. The molecule has 0 aliphatic rings. The predicted octanol–water partition coefficient (Wildman–Crippen LogP) is 7.41. The van der Waals surface area contributed by atoms with Gasteiger partial charge in [-0.05, 0) is 76.9 Å². The van der Waals surface area contributed by atoms with Crippen LogP contribution < -0.4 is 0 Å². The summed E-state index contributed by atoms with van der Waals surface area (Å²) in [5.41, 5.74) is 5.63. The quantitative estimate of drug-likeness (QED) is 0.138. The van der Waals surface area contributed by atoms with Crippen LogP contribution in [-0.2, 0) is 16.0 Å². The van der Waals surface area contributed by atoms with Crippen molar-refractivity contribution in [1.82, 2.24) is 0 Å². The smallest absolute Gasteiger partial charge is 0.333 e. The van der Waals surface area contributed by atoms with Gasteiger partial charge in [0.2, 0.25) is 0 Å². The van der Waals surface area contributed by atoms with E-state index in [4.69, 9.17) is 4.74 Å². The molecular weight excluding hydrogens is 380 g/mol. The number of unbranched alkanes of at least 4 members (excludes halogenated alkanes) is 1. The molecule has 0 unspecified atom stereocenters. The highest BCUT2D eigenvalue weighted by Crippen LogP contribution is 2.38. The van der Waals surface area contributed by atoms with Gasteiger partial charge < -0.3 is 4.74 Å². The lowest BCUT2D eigenvalue weighted by atomic mass is 9.88. The summed E-state index contributed by atoms with van der Waals surface area (Å²) in [5.74, 6) is -0.304. The summed E-state index contributed by atoms with van der Waals surface area (Å²) in [5, 5.41) is 5.21. The van der Waals surface area contributed by atoms with E-state index in [2.05, 4.69) is 86.3 Å². The average molecular weight is 409 g/mol. The van der Waals surface area contributed by atoms with Gasteiger partial charge in [0.05, 0.1) is 6.61 Å². The maximum atomic E-state index is 11.4. The fourth-order valence-corrected chi connectivity index (χ4v) is 4.21. The first-order valence-corrected chi connectivity index (χ1v) is 10.9. The molecule has 0 heterocycles. The Bertz CT molecular complexity index is 1190. The number of aryl methyl sites for hydroxylation is 2. The van der Waals surface area contributed by atoms with Crippen molar-refractivity contribution >= 4 is 27.5 Å². The summed E-state index contributed by atoms with van der Waals surface area (Å²) in [6, 6.07) is 26.3. The number of esters is 1. The number of hydrogen-bond donors (Lipinski definition) is 0. The monoisotopic (exact) mass is 408 g/mol. The highest BCUT2D eigenvalue weighted by atomic mass is 16.5. The maximum absolute atomic E-state index is 11.4. The predicted molar refractivity (Wildman–Crippen MR) is 130 cm³/mol. The summed E-state index contributed by atoms with van der Waals surface area (Å²) in [7, 11) is 0. The molecule has 2 nitrogen and oxygen atoms in total. The number of carbonyl (C=O) groups excluding carboxylic acids is 1. The number of benzene rings is 4. The van der Waals surface area contributed by atoms with E-state index in [1.807, 2.05) is 0 Å². The van der Waals surface area contributed by atoms with Crippen molar-refractivity contribution in [3.05, 3.63) is 96.1 Å². The molecule has 156 valence electrons. The second kappa shape index (κ2) is 9.18. The fourth-order valence-electron chi connectivity index (χ4n) is 4.21. The Hall–Kier alpha value is -3.39. The molecule has 0 aliphatic carbocycles. The van der Waals surface area contributed by atoms with Crippen molar-refractivity contribution in [2.24, 2.45) is 0 Å². The van der Waals surface area contributed by atoms with E-state index in [0.29, 0.717) is 12.2 Å². The number of rotatable bonds is 7. The second-order valence-corrected chi connectivity index (χ2v) is 8.16. The molecule has 31 heavy (non-hydrogen) atoms. The Morgan fingerprint density at radius 3 is 1.90 bits per heavy atom. The van der Waals surface area contributed by atoms with Crippen molar-refractivity contribution in [3.8, 4) is 11.1 Å². The summed E-state index contributed by atoms with van der Waals surface area (Å²) >= 11 is 0. The SMILES string of the molecule is C=C(C)C(=O)OCCCCc1ccc(-c2c3ccccc3c(C)c3ccccc23)cc1. The van der Waals surface area contributed by atoms with Crippen LogP contribution >= 0.6 is 0 Å². The molecule has 4 aromatic carbocycles. The number of hydrogen-bond acceptors (Lipinski definition) is 2. The van der Waals surface area contributed by atoms with Crippen LogP contribution in [0, 0.1) is 6.92 Å². The fraction of sp³-hybridized carbons (Fsp3) is 0.207. The highest BCUT2D eigenvalue weighted by molar-refractivity contribution is 6.14. The molecule has 0 fully saturated rings. The summed E-state index contributed by atoms with van der Waals surface area (Å²) in [6.45, 7) is 7.94. The molecule has 0 aliphatic heterocycles. The third-order valence-corrected chi connectivity index (χ3v) is 5.88. The molecule has 0 saturated heterocycles. The molecule has 0 N–H and O–H groups in total. The average Bonchev–Trinajstić information content (AvgIpc) is 2.80. The first-order chi connectivity index (χ1) is 15.1. The number of fused-ring (bicyclic) bond motifs is 2. The first-order valence-electron chi connectivity index (χ1n) is 10.9. The van der Waals surface area contributed by atoms with Crippen LogP contribution in [0.2, 0.25) is 0 Å². The van der Waals surface area contributed by atoms with Crippen molar-refractivity contribution < 1.29 is 9.53 Å². The normalized spacial score (nSPS) is 11.0. The lowest BCUT2D eigenvalue weighted by molar-refractivity contribution is -0.139. The maximum Gasteiger partial charge on any atom is 0.333 e. The zero-order valence-corrected chi connectivity index (χ0v) is 18.3. The van der Waals surface area contributed by atoms with E-state index < -0.39 is 0 Å². The zero-order valence-electron chi connectivity index (χ0n) is 18.3. The van der Waals surface area contributed by atoms with Crippen molar-refractivity contribution in [1.29, 1.82) is 0 Å². The van der Waals surface area contributed by atoms with E-state index in [9.17, 15) is 4.79 Å². The molecule has 2 heteroatoms. The van der Waals surface area contributed by atoms with Gasteiger partial charge in [-0.25, -0.2) is 4.79 Å². The lowest BCUT2D eigenvalue weighted by Gasteiger charge is -2.15. The Kier molecular flexibility index (Phi) is 6.18. The van der Waals surface area contributed by atoms with Gasteiger partial charge in [-0.15, -0.1) is 0 Å². The van der Waals surface area contributed by atoms with Crippen LogP contribution in [0.3, 0.4) is 0 Å². The number of carbonyl (C=O) groups is 1. The van der Waals surface area contributed by atoms with Crippen LogP contribution in [0.25, 0.3) is 32.7 Å². The second-order valence-electron chi connectivity index (χ2n) is 8.16. The van der Waals surface area contributed by atoms with Gasteiger partial charge in [0.15, 0.2) is 0 Å². The molecule has 0 spiro atoms. The molecule has 0 amide bonds. The van der Waals surface area contributed by atoms with Gasteiger partial charge in [-0.3, -0.25) is 0 Å². The minimum Gasteiger partial charge on any atom is -0.462 e. The van der Waals surface area contributed by atoms with Gasteiger partial charge in [0, 0.05) is 5.57 Å². The van der Waals surface area contributed by atoms with Crippen LogP contribution in [0.1, 0.15) is 30.9 Å². The van der Waals surface area contributed by atoms with Crippen molar-refractivity contribution in [2.75, 3.05) is 6.61 Å². The van der Waals surface area contributed by atoms with Crippen LogP contribution in [0.5, 0.6) is 0 Å². The molecule has 4 aromatic rings. The van der Waals surface area contributed by atoms with Gasteiger partial charge in [-0.1, -0.05) is 79.4 Å². The van der Waals surface area contributed by atoms with Crippen LogP contribution in [-0.4, -0.2) is 12.6 Å². The highest BCUT2D eigenvalue weighted by Gasteiger charge is 2.12. The van der Waals surface area contributed by atoms with Crippen molar-refractivity contribution in [2.45, 2.75) is 33.1 Å². The molecule has 0 saturated carbocycles. The Labute approximate surface area is 184 Å². The van der Waals surface area contributed by atoms with E-state index in [1.165, 1.54) is 43.8 Å². The minimum absolute atomic E-state index is 0.304. The first kappa shape index (κ1) is 20.9. The molecule has 0 bridgehead atoms. The Morgan fingerprint density at radius 1 is 0.806 bits per heavy atom. The minimum atomic E-state index is -0.304. The lowest BCUT2D eigenvalue weighted by Crippen LogP contribution is -2.06. The zero-order chi connectivity index (χ0) is 21.8. The van der Waals surface area contributed by atoms with Gasteiger partial charge >= 0.3 is 5.97 Å². The molecule has 0 radical (unpaired) electrons. The Balaban J connectivity index is 1.56. The number of ether oxygens (including phenoxy) is 1. The molecule has 0 aromatic heterocycles. The third kappa shape index (κ3) is 4.39. The molecular formula is C29H28O2. The van der Waals surface area contributed by atoms with Crippen LogP contribution in [0.15, 0.2) is 84.9 Å². The summed E-state index contributed by atoms with van der Waals surface area (Å²) < 4.78 is 5.17. The van der Waals surface area contributed by atoms with E-state index in [0.717, 1.165) is 19.3 Å². The topological polar surface area (TPSA) is 26.3 Å². The molecule has 0 atom stereocenters. The summed E-state index contributed by atoms with van der Waals surface area (Å²) in [6.07, 6.45) is 2.81. The van der Waals surface area contributed by atoms with Crippen molar-refractivity contribution in [3.63, 3.8) is 0 Å². The van der Waals surface area contributed by atoms with E-state index >= 15 is 0 Å². The summed E-state index contributed by atoms with van der Waals surface area (Å²) in [4.78, 5) is 11.4. The van der Waals surface area contributed by atoms with Gasteiger partial charge in [0.1, 0.15) is 0 Å². The van der Waals surface area contributed by atoms with E-state index in [-0.39, 0.29) is 5.97 Å². The third-order valence-electron chi connectivity index (χ3n) is 5.88. The van der Waals surface area contributed by atoms with E-state index in [1.54, 1.807) is 6.92 Å². The standard InChI is InChI=1S/C29H28O2/c1-20(2)29(30)31-19-9-8-10-22-15-17-23(18-16-22)28-26-13-6-4-11-24(26)21(3)25-12-5-7-14-27(25)28/h4-7,11-18H,1,8-10,19H2,2-3H3. The van der Waals surface area contributed by atoms with Crippen LogP contribution in [0.4, 0.5) is 0 Å². The molecule has 4 rings (SSSR count). The largest absolute Gasteiger partial charge is 0.462 e. The van der Waals surface area contributed by atoms with Gasteiger partial charge in [0.25, 0.3) is 0 Å².